The maximum atomic E-state index is 15.0. The number of primary amides is 1. The number of unbranched alkanes of at least 4 members (excludes halogenated alkanes) is 1. The van der Waals surface area contributed by atoms with Crippen LogP contribution in [0.5, 0.6) is 0 Å². The van der Waals surface area contributed by atoms with E-state index in [0.717, 1.165) is 19.1 Å². The molecule has 804 valence electrons. The zero-order valence-corrected chi connectivity index (χ0v) is 83.9. The van der Waals surface area contributed by atoms with Crippen LogP contribution in [-0.4, -0.2) is 343 Å². The van der Waals surface area contributed by atoms with Gasteiger partial charge < -0.3 is 148 Å². The normalized spacial score (nSPS) is 16.4. The summed E-state index contributed by atoms with van der Waals surface area (Å²) in [6.07, 6.45) is 0.0663. The molecule has 0 bridgehead atoms. The number of aliphatic hydroxyl groups excluding tert-OH is 3. The molecule has 0 spiro atoms. The lowest BCUT2D eigenvalue weighted by Gasteiger charge is -2.31. The van der Waals surface area contributed by atoms with Crippen LogP contribution in [0.4, 0.5) is 4.39 Å². The minimum atomic E-state index is -1.89. The molecule has 2 aliphatic heterocycles. The van der Waals surface area contributed by atoms with E-state index in [-0.39, 0.29) is 113 Å². The van der Waals surface area contributed by atoms with Crippen molar-refractivity contribution < 1.29 is 126 Å². The summed E-state index contributed by atoms with van der Waals surface area (Å²) >= 11 is 8.64. The Kier molecular flexibility index (Phi) is 48.8. The maximum Gasteiger partial charge on any atom is 0.322 e. The Morgan fingerprint density at radius 1 is 0.463 bits per heavy atom. The number of fused-ring (bicyclic) bond motifs is 1. The van der Waals surface area contributed by atoms with Gasteiger partial charge >= 0.3 is 5.97 Å². The first-order chi connectivity index (χ1) is 69.9. The number of nitrogens with two attached hydrogens (primary N) is 3. The number of imidazole rings is 1. The molecule has 0 saturated carbocycles. The summed E-state index contributed by atoms with van der Waals surface area (Å²) in [6.45, 7) is 4.57. The van der Waals surface area contributed by atoms with Crippen LogP contribution in [0, 0.1) is 17.7 Å². The van der Waals surface area contributed by atoms with Gasteiger partial charge in [0.05, 0.1) is 51.3 Å². The molecule has 4 heterocycles. The van der Waals surface area contributed by atoms with Gasteiger partial charge in [0.2, 0.25) is 118 Å². The van der Waals surface area contributed by atoms with E-state index in [1.165, 1.54) is 41.4 Å². The topological polar surface area (TPSA) is 773 Å². The number of aromatic amines is 2. The monoisotopic (exact) mass is 2100 g/mol. The average molecular weight is 2100 g/mol. The quantitative estimate of drug-likeness (QED) is 0.0127. The molecule has 7 rings (SSSR count). The minimum absolute atomic E-state index is 0.00136. The highest BCUT2D eigenvalue weighted by Gasteiger charge is 2.44. The molecule has 2 saturated heterocycles. The van der Waals surface area contributed by atoms with Crippen molar-refractivity contribution in [2.24, 2.45) is 29.0 Å². The molecule has 3 aromatic carbocycles. The highest BCUT2D eigenvalue weighted by Crippen LogP contribution is 2.25. The summed E-state index contributed by atoms with van der Waals surface area (Å²) in [5.74, 6) is -23.0. The van der Waals surface area contributed by atoms with E-state index in [9.17, 15) is 116 Å². The Bertz CT molecular complexity index is 5390. The van der Waals surface area contributed by atoms with Crippen LogP contribution < -0.4 is 108 Å². The first-order valence-corrected chi connectivity index (χ1v) is 49.2. The second-order valence-electron chi connectivity index (χ2n) is 36.2. The molecular formula is C94H134FN25O25S2. The Hall–Kier alpha value is -14.3. The van der Waals surface area contributed by atoms with E-state index in [0.29, 0.717) is 28.5 Å². The van der Waals surface area contributed by atoms with Crippen LogP contribution in [0.15, 0.2) is 97.6 Å². The van der Waals surface area contributed by atoms with Gasteiger partial charge in [0.15, 0.2) is 0 Å². The van der Waals surface area contributed by atoms with E-state index >= 15 is 4.79 Å². The Morgan fingerprint density at radius 3 is 1.50 bits per heavy atom. The summed E-state index contributed by atoms with van der Waals surface area (Å²) < 4.78 is 14.0. The third-order valence-corrected chi connectivity index (χ3v) is 24.6. The number of carboxylic acid groups (broad SMARTS) is 1. The maximum absolute atomic E-state index is 15.0. The molecule has 2 aliphatic rings. The summed E-state index contributed by atoms with van der Waals surface area (Å²) in [7, 11) is 0. The number of halogens is 1. The van der Waals surface area contributed by atoms with Gasteiger partial charge in [-0.25, -0.2) is 9.37 Å². The van der Waals surface area contributed by atoms with Crippen molar-refractivity contribution in [3.05, 3.63) is 126 Å². The molecule has 53 heteroatoms. The standard InChI is InChI=1S/C94H134FN25O25S2/c1-48(2)32-61(84(135)118-79(51(6)123)93(144)112-64(35-54-38-100-58-19-11-10-18-57(54)58)85(136)117-77(49(3)4)91(142)115-68(46-147)87(138)107-60(20-12-13-29-96)94(145)120-31-15-22-70(120)90(141)106-59(27-28-71(98)124)80(131)103-40-73(126)102-43-76(129)130)110-89(140)69-21-14-30-119(69)75(128)42-104-81(132)62(33-52-16-8-7-9-17-52)108-83(134)65(36-56-39-99-47-105-56)109-88(139)67(45-146)114-86(137)66(44-121)113-82(133)63(34-53-23-25-55(95)26-24-53)111-92(143)78(50(5)122)116-74(127)41-101-72(125)37-97/h7-11,16-19,23-26,38-39,47-51,59-70,77-79,100,121-123,146-147H,12-15,20-22,27-37,40-46,96-97H2,1-6H3,(H2,98,124)(H,99,105)(H,101,125)(H,102,126)(H,103,131)(H,104,132)(H,106,141)(H,107,138)(H,108,134)(H,109,139)(H,110,140)(H,111,143)(H,112,144)(H,113,133)(H,114,137)(H,115,142)(H,116,127)(H,117,136)(H,118,135)(H,129,130)/t50-,51-,59+,60+,61+,62+,63+,64+,65+,66+,67+,68+,69+,70+,77+,78+,79+/m1/s1. The second-order valence-corrected chi connectivity index (χ2v) is 36.9. The summed E-state index contributed by atoms with van der Waals surface area (Å²) in [5, 5.41) is 83.9. The predicted octanol–water partition coefficient (Wildman–Crippen LogP) is -8.20. The molecule has 50 nitrogen and oxygen atoms in total. The van der Waals surface area contributed by atoms with E-state index in [4.69, 9.17) is 22.3 Å². The number of carboxylic acids is 1. The second kappa shape index (κ2) is 60.0. The molecule has 0 radical (unpaired) electrons. The van der Waals surface area contributed by atoms with Gasteiger partial charge in [-0.2, -0.15) is 25.3 Å². The van der Waals surface area contributed by atoms with E-state index < -0.39 is 297 Å². The zero-order valence-electron chi connectivity index (χ0n) is 82.1. The van der Waals surface area contributed by atoms with Crippen LogP contribution in [0.1, 0.15) is 128 Å². The van der Waals surface area contributed by atoms with Gasteiger partial charge in [-0.15, -0.1) is 0 Å². The fourth-order valence-electron chi connectivity index (χ4n) is 16.0. The summed E-state index contributed by atoms with van der Waals surface area (Å²) in [4.78, 5) is 302. The van der Waals surface area contributed by atoms with Gasteiger partial charge in [-0.3, -0.25) is 101 Å². The number of aliphatic hydroxyl groups is 3. The highest BCUT2D eigenvalue weighted by atomic mass is 32.1. The average Bonchev–Trinajstić information content (AvgIpc) is 1.71. The summed E-state index contributed by atoms with van der Waals surface area (Å²) in [5.41, 5.74) is 18.6. The van der Waals surface area contributed by atoms with Gasteiger partial charge in [0.1, 0.15) is 103 Å². The number of likely N-dealkylation sites (tertiary alicyclic amines) is 2. The number of rotatable bonds is 60. The molecule has 17 atom stereocenters. The molecular weight excluding hydrogens is 1960 g/mol. The number of carbonyl (C=O) groups is 21. The van der Waals surface area contributed by atoms with Crippen molar-refractivity contribution in [1.29, 1.82) is 0 Å². The molecule has 0 aliphatic carbocycles. The van der Waals surface area contributed by atoms with Crippen molar-refractivity contribution in [2.45, 2.75) is 234 Å². The van der Waals surface area contributed by atoms with Crippen molar-refractivity contribution >= 4 is 160 Å². The van der Waals surface area contributed by atoms with E-state index in [1.54, 1.807) is 88.5 Å². The zero-order chi connectivity index (χ0) is 108. The molecule has 2 fully saturated rings. The number of carbonyl (C=O) groups excluding carboxylic acids is 20. The van der Waals surface area contributed by atoms with Crippen LogP contribution >= 0.6 is 25.3 Å². The van der Waals surface area contributed by atoms with Crippen molar-refractivity contribution in [3.8, 4) is 0 Å². The lowest BCUT2D eigenvalue weighted by Crippen LogP contribution is -2.62. The SMILES string of the molecule is CC(C)C[C@H](NC(=O)[C@@H]1CCCN1C(=O)CNC(=O)[C@H](Cc1ccccc1)NC(=O)[C@H](Cc1cnc[nH]1)NC(=O)[C@H](CS)NC(=O)[C@H](CO)NC(=O)[C@H](Cc1ccc(F)cc1)NC(=O)[C@@H](NC(=O)CNC(=O)CN)[C@@H](C)O)C(=O)N[C@H](C(=O)N[C@@H](Cc1c[nH]c2ccccc12)C(=O)N[C@H](C(=O)N[C@@H](CS)C(=O)N[C@@H](CCCCN)C(=O)N1CCC[C@H]1C(=O)N[C@@H](CCC(N)=O)C(=O)NCC(=O)NCC(=O)O)C(C)C)[C@@H](C)O. The third-order valence-electron chi connectivity index (χ3n) is 23.9. The number of aliphatic carboxylic acids is 1. The largest absolute Gasteiger partial charge is 0.480 e. The molecule has 2 aromatic heterocycles. The van der Waals surface area contributed by atoms with Crippen molar-refractivity contribution in [2.75, 3.05) is 70.5 Å². The fourth-order valence-corrected chi connectivity index (χ4v) is 16.6. The van der Waals surface area contributed by atoms with Gasteiger partial charge in [0.25, 0.3) is 0 Å². The number of thiol groups is 2. The van der Waals surface area contributed by atoms with E-state index in [2.05, 4.69) is 131 Å². The number of hydrogen-bond acceptors (Lipinski definition) is 29. The predicted molar refractivity (Wildman–Crippen MR) is 532 cm³/mol. The molecule has 147 heavy (non-hydrogen) atoms. The van der Waals surface area contributed by atoms with Crippen LogP contribution in [-0.2, 0) is 126 Å². The number of nitrogens with one attached hydrogen (secondary N) is 19. The molecule has 0 unspecified atom stereocenters. The minimum Gasteiger partial charge on any atom is -0.480 e. The number of aromatic nitrogens is 3. The fraction of sp³-hybridized carbons (Fsp3) is 0.532. The number of H-pyrrole nitrogens is 2. The first kappa shape index (κ1) is 120. The van der Waals surface area contributed by atoms with Crippen LogP contribution in [0.3, 0.4) is 0 Å². The van der Waals surface area contributed by atoms with Gasteiger partial charge in [0, 0.05) is 85.7 Å². The molecule has 20 amide bonds. The Morgan fingerprint density at radius 2 is 0.932 bits per heavy atom. The van der Waals surface area contributed by atoms with Gasteiger partial charge in [-0.05, 0) is 125 Å². The van der Waals surface area contributed by atoms with Crippen LogP contribution in [0.25, 0.3) is 10.9 Å². The van der Waals surface area contributed by atoms with Gasteiger partial charge in [-0.1, -0.05) is 88.4 Å². The number of benzene rings is 3. The highest BCUT2D eigenvalue weighted by molar-refractivity contribution is 7.80. The Labute approximate surface area is 856 Å². The third kappa shape index (κ3) is 38.2. The first-order valence-electron chi connectivity index (χ1n) is 47.9. The lowest BCUT2D eigenvalue weighted by molar-refractivity contribution is -0.142. The number of hydrogen-bond donors (Lipinski definition) is 28. The summed E-state index contributed by atoms with van der Waals surface area (Å²) in [6, 6.07) is -3.52. The van der Waals surface area contributed by atoms with E-state index in [1.807, 2.05) is 0 Å². The molecule has 5 aromatic rings. The lowest BCUT2D eigenvalue weighted by atomic mass is 9.99. The van der Waals surface area contributed by atoms with Crippen LogP contribution in [0.2, 0.25) is 0 Å². The Balaban J connectivity index is 1.02. The van der Waals surface area contributed by atoms with Crippen molar-refractivity contribution in [1.82, 2.24) is 115 Å². The number of para-hydroxylation sites is 1. The smallest absolute Gasteiger partial charge is 0.322 e. The van der Waals surface area contributed by atoms with Crippen molar-refractivity contribution in [3.63, 3.8) is 0 Å². The molecule has 29 N–H and O–H groups in total. The number of amides is 20. The number of nitrogens with zero attached hydrogens (tertiary/aromatic N) is 3.